The molecule has 7 nitrogen and oxygen atoms in total. The van der Waals surface area contributed by atoms with E-state index in [0.717, 1.165) is 53.1 Å². The zero-order chi connectivity index (χ0) is 20.0. The Kier molecular flexibility index (Phi) is 4.24. The fourth-order valence-corrected chi connectivity index (χ4v) is 4.24. The zero-order valence-electron chi connectivity index (χ0n) is 16.0. The molecule has 1 aliphatic rings. The molecule has 0 bridgehead atoms. The van der Waals surface area contributed by atoms with Gasteiger partial charge in [-0.3, -0.25) is 9.48 Å². The van der Waals surface area contributed by atoms with Crippen LogP contribution in [0.4, 0.5) is 0 Å². The molecule has 5 rings (SSSR count). The molecule has 7 heteroatoms. The van der Waals surface area contributed by atoms with Crippen LogP contribution in [0.3, 0.4) is 0 Å². The molecule has 29 heavy (non-hydrogen) atoms. The molecule has 4 N–H and O–H groups in total. The standard InChI is InChI=1S/C22H22N6O/c23-15-7-9-16(10-8-15)28-20-17(19(27-28)21(24)29)11-6-14-12-25-22(26-18(14)20)13-4-2-1-3-5-13/h1-6,11-12,15-16H,7-10,23H2,(H2,24,29). The van der Waals surface area contributed by atoms with Gasteiger partial charge in [-0.1, -0.05) is 36.4 Å². The third-order valence-corrected chi connectivity index (χ3v) is 5.77. The fourth-order valence-electron chi connectivity index (χ4n) is 4.24. The highest BCUT2D eigenvalue weighted by molar-refractivity contribution is 6.11. The highest BCUT2D eigenvalue weighted by atomic mass is 16.1. The van der Waals surface area contributed by atoms with Gasteiger partial charge in [0.15, 0.2) is 11.5 Å². The van der Waals surface area contributed by atoms with Gasteiger partial charge in [0.25, 0.3) is 5.91 Å². The number of nitrogens with two attached hydrogens (primary N) is 2. The van der Waals surface area contributed by atoms with Crippen molar-refractivity contribution in [3.05, 3.63) is 54.4 Å². The van der Waals surface area contributed by atoms with E-state index in [1.165, 1.54) is 0 Å². The van der Waals surface area contributed by atoms with Gasteiger partial charge in [0, 0.05) is 28.6 Å². The van der Waals surface area contributed by atoms with E-state index in [2.05, 4.69) is 10.1 Å². The maximum atomic E-state index is 12.1. The molecule has 2 heterocycles. The number of fused-ring (bicyclic) bond motifs is 3. The highest BCUT2D eigenvalue weighted by Crippen LogP contribution is 2.34. The molecule has 1 saturated carbocycles. The van der Waals surface area contributed by atoms with Crippen LogP contribution < -0.4 is 11.5 Å². The summed E-state index contributed by atoms with van der Waals surface area (Å²) in [7, 11) is 0. The quantitative estimate of drug-likeness (QED) is 0.561. The molecule has 146 valence electrons. The van der Waals surface area contributed by atoms with E-state index in [1.54, 1.807) is 0 Å². The van der Waals surface area contributed by atoms with E-state index >= 15 is 0 Å². The minimum absolute atomic E-state index is 0.172. The number of carbonyl (C=O) groups excluding carboxylic acids is 1. The summed E-state index contributed by atoms with van der Waals surface area (Å²) in [5.74, 6) is 0.114. The summed E-state index contributed by atoms with van der Waals surface area (Å²) in [5, 5.41) is 6.27. The molecular weight excluding hydrogens is 364 g/mol. The van der Waals surface area contributed by atoms with Gasteiger partial charge < -0.3 is 11.5 Å². The van der Waals surface area contributed by atoms with Crippen LogP contribution in [-0.4, -0.2) is 31.7 Å². The summed E-state index contributed by atoms with van der Waals surface area (Å²) < 4.78 is 1.95. The van der Waals surface area contributed by atoms with Gasteiger partial charge in [-0.2, -0.15) is 5.10 Å². The van der Waals surface area contributed by atoms with Crippen molar-refractivity contribution in [3.8, 4) is 11.4 Å². The minimum Gasteiger partial charge on any atom is -0.364 e. The van der Waals surface area contributed by atoms with Crippen LogP contribution in [0.1, 0.15) is 42.2 Å². The number of amides is 1. The van der Waals surface area contributed by atoms with Crippen LogP contribution in [0.2, 0.25) is 0 Å². The van der Waals surface area contributed by atoms with Crippen molar-refractivity contribution >= 4 is 27.7 Å². The molecule has 0 aliphatic heterocycles. The molecule has 0 saturated heterocycles. The number of aromatic nitrogens is 4. The molecule has 2 aromatic carbocycles. The van der Waals surface area contributed by atoms with Crippen molar-refractivity contribution in [3.63, 3.8) is 0 Å². The smallest absolute Gasteiger partial charge is 0.269 e. The molecule has 0 radical (unpaired) electrons. The summed E-state index contributed by atoms with van der Waals surface area (Å²) in [4.78, 5) is 21.5. The Hall–Kier alpha value is -3.32. The summed E-state index contributed by atoms with van der Waals surface area (Å²) in [6.07, 6.45) is 5.54. The minimum atomic E-state index is -0.530. The Morgan fingerprint density at radius 2 is 1.79 bits per heavy atom. The van der Waals surface area contributed by atoms with E-state index in [4.69, 9.17) is 16.5 Å². The lowest BCUT2D eigenvalue weighted by Crippen LogP contribution is -2.28. The second-order valence-electron chi connectivity index (χ2n) is 7.69. The maximum absolute atomic E-state index is 12.1. The second kappa shape index (κ2) is 6.93. The Morgan fingerprint density at radius 3 is 2.52 bits per heavy atom. The van der Waals surface area contributed by atoms with Gasteiger partial charge in [-0.15, -0.1) is 0 Å². The van der Waals surface area contributed by atoms with Crippen LogP contribution in [-0.2, 0) is 0 Å². The summed E-state index contributed by atoms with van der Waals surface area (Å²) in [6.45, 7) is 0. The van der Waals surface area contributed by atoms with E-state index < -0.39 is 5.91 Å². The third kappa shape index (κ3) is 3.03. The van der Waals surface area contributed by atoms with Crippen LogP contribution in [0.15, 0.2) is 48.7 Å². The van der Waals surface area contributed by atoms with Crippen LogP contribution in [0.25, 0.3) is 33.2 Å². The number of benzene rings is 2. The number of hydrogen-bond acceptors (Lipinski definition) is 5. The lowest BCUT2D eigenvalue weighted by Gasteiger charge is -2.27. The molecule has 0 atom stereocenters. The van der Waals surface area contributed by atoms with Crippen molar-refractivity contribution in [2.24, 2.45) is 11.5 Å². The van der Waals surface area contributed by atoms with Crippen molar-refractivity contribution in [2.45, 2.75) is 37.8 Å². The number of nitrogens with zero attached hydrogens (tertiary/aromatic N) is 4. The summed E-state index contributed by atoms with van der Waals surface area (Å²) >= 11 is 0. The first-order valence-corrected chi connectivity index (χ1v) is 9.90. The van der Waals surface area contributed by atoms with Crippen molar-refractivity contribution in [1.29, 1.82) is 0 Å². The summed E-state index contributed by atoms with van der Waals surface area (Å²) in [5.41, 5.74) is 14.6. The molecule has 1 amide bonds. The first-order chi connectivity index (χ1) is 14.1. The third-order valence-electron chi connectivity index (χ3n) is 5.77. The van der Waals surface area contributed by atoms with Gasteiger partial charge in [-0.25, -0.2) is 9.97 Å². The van der Waals surface area contributed by atoms with E-state index in [-0.39, 0.29) is 17.8 Å². The zero-order valence-corrected chi connectivity index (χ0v) is 16.0. The van der Waals surface area contributed by atoms with E-state index in [0.29, 0.717) is 5.82 Å². The van der Waals surface area contributed by atoms with Crippen molar-refractivity contribution < 1.29 is 4.79 Å². The molecule has 2 aromatic heterocycles. The van der Waals surface area contributed by atoms with Gasteiger partial charge >= 0.3 is 0 Å². The Balaban J connectivity index is 1.77. The monoisotopic (exact) mass is 386 g/mol. The average molecular weight is 386 g/mol. The molecule has 1 fully saturated rings. The molecule has 1 aliphatic carbocycles. The molecular formula is C22H22N6O. The van der Waals surface area contributed by atoms with E-state index in [9.17, 15) is 4.79 Å². The first kappa shape index (κ1) is 17.8. The molecule has 0 unspecified atom stereocenters. The average Bonchev–Trinajstić information content (AvgIpc) is 3.15. The normalized spacial score (nSPS) is 19.6. The Bertz CT molecular complexity index is 1210. The van der Waals surface area contributed by atoms with Crippen LogP contribution >= 0.6 is 0 Å². The fraction of sp³-hybridized carbons (Fsp3) is 0.273. The molecule has 0 spiro atoms. The van der Waals surface area contributed by atoms with Gasteiger partial charge in [0.05, 0.1) is 11.6 Å². The molecule has 4 aromatic rings. The Morgan fingerprint density at radius 1 is 1.03 bits per heavy atom. The SMILES string of the molecule is NC(=O)c1nn(C2CCC(N)CC2)c2c1ccc1cnc(-c3ccccc3)nc12. The van der Waals surface area contributed by atoms with Gasteiger partial charge in [0.2, 0.25) is 0 Å². The largest absolute Gasteiger partial charge is 0.364 e. The number of carbonyl (C=O) groups is 1. The van der Waals surface area contributed by atoms with Gasteiger partial charge in [-0.05, 0) is 31.7 Å². The van der Waals surface area contributed by atoms with Crippen molar-refractivity contribution in [1.82, 2.24) is 19.7 Å². The number of hydrogen-bond donors (Lipinski definition) is 2. The van der Waals surface area contributed by atoms with E-state index in [1.807, 2.05) is 53.3 Å². The van der Waals surface area contributed by atoms with Crippen LogP contribution in [0, 0.1) is 0 Å². The predicted octanol–water partition coefficient (Wildman–Crippen LogP) is 3.19. The van der Waals surface area contributed by atoms with Crippen molar-refractivity contribution in [2.75, 3.05) is 0 Å². The second-order valence-corrected chi connectivity index (χ2v) is 7.69. The first-order valence-electron chi connectivity index (χ1n) is 9.90. The number of rotatable bonds is 3. The van der Waals surface area contributed by atoms with Gasteiger partial charge in [0.1, 0.15) is 5.52 Å². The highest BCUT2D eigenvalue weighted by Gasteiger charge is 2.26. The number of primary amides is 1. The maximum Gasteiger partial charge on any atom is 0.269 e. The van der Waals surface area contributed by atoms with Crippen LogP contribution in [0.5, 0.6) is 0 Å². The lowest BCUT2D eigenvalue weighted by molar-refractivity contribution is 0.0995. The predicted molar refractivity (Wildman–Crippen MR) is 112 cm³/mol. The topological polar surface area (TPSA) is 113 Å². The Labute approximate surface area is 167 Å². The lowest BCUT2D eigenvalue weighted by atomic mass is 9.92. The summed E-state index contributed by atoms with van der Waals surface area (Å²) in [6, 6.07) is 14.1.